The van der Waals surface area contributed by atoms with Gasteiger partial charge >= 0.3 is 11.9 Å². The number of ether oxygens (including phenoxy) is 4. The molecule has 192 valence electrons. The summed E-state index contributed by atoms with van der Waals surface area (Å²) in [4.78, 5) is 32.6. The molecule has 2 saturated heterocycles. The number of aliphatic hydroxyl groups excluding tert-OH is 5. The number of rotatable bonds is 7. The standard InChI is InChI=1S/C13H20O13.C5H11NO/c1-23-6-3(15)5(17)13(26-8(6)10(18)19)25-7-2(14)4(16)12(22)24-9(7)11(20)21;1-3-4(2)5(6)7/h2-9,12-17,22H,1H3,(H,18,19)(H,20,21);4H,3H2,1-2H3,(H2,6,7)/t2-,3-,4?,5?,6+,7+,8?,9?,12-,13-;/m1./s1. The highest BCUT2D eigenvalue weighted by atomic mass is 16.7. The van der Waals surface area contributed by atoms with E-state index in [1.165, 1.54) is 0 Å². The first-order chi connectivity index (χ1) is 15.3. The number of amides is 1. The molecule has 0 bridgehead atoms. The fourth-order valence-corrected chi connectivity index (χ4v) is 2.97. The van der Waals surface area contributed by atoms with E-state index in [-0.39, 0.29) is 11.8 Å². The number of hydrogen-bond acceptors (Lipinski definition) is 12. The molecule has 0 radical (unpaired) electrons. The maximum absolute atomic E-state index is 11.3. The van der Waals surface area contributed by atoms with Crippen LogP contribution < -0.4 is 5.73 Å². The van der Waals surface area contributed by atoms with Crippen LogP contribution in [0.4, 0.5) is 0 Å². The average molecular weight is 485 g/mol. The topological polar surface area (TPSA) is 256 Å². The van der Waals surface area contributed by atoms with Crippen molar-refractivity contribution in [1.82, 2.24) is 0 Å². The summed E-state index contributed by atoms with van der Waals surface area (Å²) >= 11 is 0. The lowest BCUT2D eigenvalue weighted by atomic mass is 9.96. The van der Waals surface area contributed by atoms with Crippen molar-refractivity contribution in [3.63, 3.8) is 0 Å². The summed E-state index contributed by atoms with van der Waals surface area (Å²) < 4.78 is 19.6. The number of methoxy groups -OCH3 is 1. The highest BCUT2D eigenvalue weighted by molar-refractivity contribution is 5.76. The minimum Gasteiger partial charge on any atom is -0.479 e. The van der Waals surface area contributed by atoms with Crippen molar-refractivity contribution >= 4 is 17.8 Å². The minimum absolute atomic E-state index is 0.0417. The van der Waals surface area contributed by atoms with Gasteiger partial charge in [0.25, 0.3) is 0 Å². The first-order valence-electron chi connectivity index (χ1n) is 9.92. The number of aliphatic carboxylic acids is 2. The molecule has 33 heavy (non-hydrogen) atoms. The summed E-state index contributed by atoms with van der Waals surface area (Å²) in [5, 5.41) is 67.3. The Kier molecular flexibility index (Phi) is 11.0. The van der Waals surface area contributed by atoms with Gasteiger partial charge in [0.2, 0.25) is 5.91 Å². The number of carboxylic acid groups (broad SMARTS) is 2. The van der Waals surface area contributed by atoms with E-state index in [1.54, 1.807) is 0 Å². The van der Waals surface area contributed by atoms with Crippen LogP contribution in [0.1, 0.15) is 20.3 Å². The molecule has 0 aromatic rings. The van der Waals surface area contributed by atoms with E-state index in [1.807, 2.05) is 13.8 Å². The molecule has 2 aliphatic heterocycles. The van der Waals surface area contributed by atoms with Crippen LogP contribution in [0.25, 0.3) is 0 Å². The zero-order chi connectivity index (χ0) is 25.6. The Bertz CT molecular complexity index is 677. The van der Waals surface area contributed by atoms with Crippen molar-refractivity contribution in [2.45, 2.75) is 81.7 Å². The Morgan fingerprint density at radius 3 is 1.76 bits per heavy atom. The first-order valence-corrected chi connectivity index (χ1v) is 9.92. The normalized spacial score (nSPS) is 39.6. The van der Waals surface area contributed by atoms with Gasteiger partial charge in [-0.2, -0.15) is 0 Å². The summed E-state index contributed by atoms with van der Waals surface area (Å²) in [5.74, 6) is -3.39. The van der Waals surface area contributed by atoms with Gasteiger partial charge in [-0.25, -0.2) is 9.59 Å². The summed E-state index contributed by atoms with van der Waals surface area (Å²) in [7, 11) is 1.08. The second kappa shape index (κ2) is 12.5. The summed E-state index contributed by atoms with van der Waals surface area (Å²) in [6.07, 6.45) is -17.7. The molecule has 0 aromatic heterocycles. The number of hydrogen-bond donors (Lipinski definition) is 8. The van der Waals surface area contributed by atoms with Gasteiger partial charge in [-0.1, -0.05) is 13.8 Å². The van der Waals surface area contributed by atoms with Crippen molar-refractivity contribution in [3.05, 3.63) is 0 Å². The van der Waals surface area contributed by atoms with Crippen molar-refractivity contribution in [3.8, 4) is 0 Å². The van der Waals surface area contributed by atoms with E-state index >= 15 is 0 Å². The molecule has 0 spiro atoms. The van der Waals surface area contributed by atoms with Gasteiger partial charge in [0.05, 0.1) is 0 Å². The van der Waals surface area contributed by atoms with Gasteiger partial charge in [0.1, 0.15) is 36.6 Å². The quantitative estimate of drug-likeness (QED) is 0.171. The van der Waals surface area contributed by atoms with Crippen LogP contribution in [0, 0.1) is 5.92 Å². The second-order valence-corrected chi connectivity index (χ2v) is 7.52. The Balaban J connectivity index is 0.000000675. The van der Waals surface area contributed by atoms with Gasteiger partial charge in [0, 0.05) is 13.0 Å². The third kappa shape index (κ3) is 7.02. The van der Waals surface area contributed by atoms with E-state index < -0.39 is 73.4 Å². The maximum atomic E-state index is 11.3. The largest absolute Gasteiger partial charge is 0.479 e. The van der Waals surface area contributed by atoms with Crippen LogP contribution in [0.2, 0.25) is 0 Å². The molecule has 9 N–H and O–H groups in total. The van der Waals surface area contributed by atoms with Gasteiger partial charge in [-0.3, -0.25) is 4.79 Å². The van der Waals surface area contributed by atoms with E-state index in [4.69, 9.17) is 30.2 Å². The summed E-state index contributed by atoms with van der Waals surface area (Å²) in [6, 6.07) is 0. The molecular formula is C18H31NO14. The van der Waals surface area contributed by atoms with Crippen LogP contribution in [-0.4, -0.2) is 122 Å². The Hall–Kier alpha value is -1.95. The van der Waals surface area contributed by atoms with Crippen LogP contribution >= 0.6 is 0 Å². The van der Waals surface area contributed by atoms with E-state index in [2.05, 4.69) is 4.74 Å². The monoisotopic (exact) mass is 485 g/mol. The van der Waals surface area contributed by atoms with Gasteiger partial charge < -0.3 is 60.4 Å². The second-order valence-electron chi connectivity index (χ2n) is 7.52. The smallest absolute Gasteiger partial charge is 0.335 e. The molecule has 0 aliphatic carbocycles. The molecule has 2 aliphatic rings. The molecule has 5 unspecified atom stereocenters. The highest BCUT2D eigenvalue weighted by Gasteiger charge is 2.53. The molecule has 0 aromatic carbocycles. The van der Waals surface area contributed by atoms with Gasteiger partial charge in [0.15, 0.2) is 24.8 Å². The van der Waals surface area contributed by atoms with Crippen LogP contribution in [-0.2, 0) is 33.3 Å². The SMILES string of the molecule is CCC(C)C(N)=O.CO[C@@H]1C(C(=O)O)O[C@@H](O[C@@H]2C(C(=O)O)O[C@@H](O)C(O)[C@H]2O)C(O)[C@H]1O. The van der Waals surface area contributed by atoms with Crippen molar-refractivity contribution < 1.29 is 69.1 Å². The zero-order valence-electron chi connectivity index (χ0n) is 18.1. The summed E-state index contributed by atoms with van der Waals surface area (Å²) in [5.41, 5.74) is 4.91. The fourth-order valence-electron chi connectivity index (χ4n) is 2.97. The molecular weight excluding hydrogens is 454 g/mol. The molecule has 15 nitrogen and oxygen atoms in total. The Labute approximate surface area is 188 Å². The molecule has 2 fully saturated rings. The predicted molar refractivity (Wildman–Crippen MR) is 103 cm³/mol. The average Bonchev–Trinajstić information content (AvgIpc) is 2.75. The number of carbonyl (C=O) groups excluding carboxylic acids is 1. The molecule has 1 amide bonds. The third-order valence-corrected chi connectivity index (χ3v) is 5.26. The Morgan fingerprint density at radius 2 is 1.36 bits per heavy atom. The van der Waals surface area contributed by atoms with E-state index in [9.17, 15) is 39.9 Å². The number of nitrogens with two attached hydrogens (primary N) is 1. The van der Waals surface area contributed by atoms with E-state index in [0.29, 0.717) is 0 Å². The lowest BCUT2D eigenvalue weighted by molar-refractivity contribution is -0.347. The molecule has 11 atom stereocenters. The molecule has 2 heterocycles. The van der Waals surface area contributed by atoms with Crippen LogP contribution in [0.3, 0.4) is 0 Å². The number of carboxylic acids is 2. The minimum atomic E-state index is -2.02. The third-order valence-electron chi connectivity index (χ3n) is 5.26. The van der Waals surface area contributed by atoms with Crippen molar-refractivity contribution in [2.24, 2.45) is 11.7 Å². The Morgan fingerprint density at radius 1 is 0.879 bits per heavy atom. The van der Waals surface area contributed by atoms with Gasteiger partial charge in [-0.05, 0) is 6.42 Å². The molecule has 15 heteroatoms. The van der Waals surface area contributed by atoms with Crippen molar-refractivity contribution in [1.29, 1.82) is 0 Å². The predicted octanol–water partition coefficient (Wildman–Crippen LogP) is -4.04. The highest BCUT2D eigenvalue weighted by Crippen LogP contribution is 2.29. The maximum Gasteiger partial charge on any atom is 0.335 e. The molecule has 0 saturated carbocycles. The van der Waals surface area contributed by atoms with Gasteiger partial charge in [-0.15, -0.1) is 0 Å². The zero-order valence-corrected chi connectivity index (χ0v) is 18.1. The van der Waals surface area contributed by atoms with Crippen LogP contribution in [0.15, 0.2) is 0 Å². The first kappa shape index (κ1) is 29.1. The van der Waals surface area contributed by atoms with E-state index in [0.717, 1.165) is 13.5 Å². The number of primary amides is 1. The number of aliphatic hydroxyl groups is 5. The number of carbonyl (C=O) groups is 3. The van der Waals surface area contributed by atoms with Crippen molar-refractivity contribution in [2.75, 3.05) is 7.11 Å². The molecule has 2 rings (SSSR count). The fraction of sp³-hybridized carbons (Fsp3) is 0.833. The van der Waals surface area contributed by atoms with Crippen LogP contribution in [0.5, 0.6) is 0 Å². The lowest BCUT2D eigenvalue weighted by Crippen LogP contribution is -2.65. The lowest BCUT2D eigenvalue weighted by Gasteiger charge is -2.44. The summed E-state index contributed by atoms with van der Waals surface area (Å²) in [6.45, 7) is 3.76.